The van der Waals surface area contributed by atoms with Crippen molar-refractivity contribution in [2.24, 2.45) is 0 Å². The molecule has 0 bridgehead atoms. The molecule has 0 spiro atoms. The highest BCUT2D eigenvalue weighted by atomic mass is 16.2. The summed E-state index contributed by atoms with van der Waals surface area (Å²) in [6.07, 6.45) is 1.06. The van der Waals surface area contributed by atoms with Crippen LogP contribution in [0, 0.1) is 6.92 Å². The van der Waals surface area contributed by atoms with Gasteiger partial charge in [0.25, 0.3) is 0 Å². The number of nitrogens with zero attached hydrogens (tertiary/aromatic N) is 1. The quantitative estimate of drug-likeness (QED) is 0.676. The molecule has 2 rings (SSSR count). The van der Waals surface area contributed by atoms with Gasteiger partial charge in [-0.05, 0) is 37.8 Å². The SMILES string of the molecule is CB(O)N1CCc2cc(C)ccc2C1. The lowest BCUT2D eigenvalue weighted by atomic mass is 9.81. The van der Waals surface area contributed by atoms with Crippen LogP contribution in [0.4, 0.5) is 0 Å². The third kappa shape index (κ3) is 1.84. The maximum absolute atomic E-state index is 9.48. The van der Waals surface area contributed by atoms with Gasteiger partial charge in [-0.3, -0.25) is 0 Å². The van der Waals surface area contributed by atoms with Crippen molar-refractivity contribution in [3.05, 3.63) is 34.9 Å². The second kappa shape index (κ2) is 3.75. The van der Waals surface area contributed by atoms with Crippen LogP contribution < -0.4 is 0 Å². The molecule has 3 heteroatoms. The predicted octanol–water partition coefficient (Wildman–Crippen LogP) is 1.46. The van der Waals surface area contributed by atoms with Crippen LogP contribution in [0.25, 0.3) is 0 Å². The van der Waals surface area contributed by atoms with Gasteiger partial charge in [0.1, 0.15) is 0 Å². The van der Waals surface area contributed by atoms with Crippen LogP contribution in [-0.4, -0.2) is 23.4 Å². The Hall–Kier alpha value is -0.795. The van der Waals surface area contributed by atoms with Crippen LogP contribution in [0.15, 0.2) is 18.2 Å². The molecule has 1 aliphatic rings. The molecule has 1 aliphatic heterocycles. The largest absolute Gasteiger partial charge is 0.437 e. The van der Waals surface area contributed by atoms with E-state index in [2.05, 4.69) is 29.9 Å². The fraction of sp³-hybridized carbons (Fsp3) is 0.455. The zero-order valence-corrected chi connectivity index (χ0v) is 8.83. The maximum Gasteiger partial charge on any atom is 0.376 e. The van der Waals surface area contributed by atoms with Gasteiger partial charge in [-0.2, -0.15) is 0 Å². The van der Waals surface area contributed by atoms with E-state index in [1.54, 1.807) is 0 Å². The van der Waals surface area contributed by atoms with Crippen LogP contribution in [0.1, 0.15) is 16.7 Å². The van der Waals surface area contributed by atoms with Gasteiger partial charge in [0.05, 0.1) is 0 Å². The van der Waals surface area contributed by atoms with E-state index in [4.69, 9.17) is 0 Å². The first-order chi connectivity index (χ1) is 6.66. The summed E-state index contributed by atoms with van der Waals surface area (Å²) in [6, 6.07) is 6.58. The van der Waals surface area contributed by atoms with E-state index in [-0.39, 0.29) is 7.05 Å². The Morgan fingerprint density at radius 3 is 2.86 bits per heavy atom. The zero-order chi connectivity index (χ0) is 10.1. The Balaban J connectivity index is 2.23. The highest BCUT2D eigenvalue weighted by molar-refractivity contribution is 6.45. The van der Waals surface area contributed by atoms with Gasteiger partial charge in [-0.1, -0.05) is 23.8 Å². The van der Waals surface area contributed by atoms with Gasteiger partial charge in [0, 0.05) is 6.54 Å². The summed E-state index contributed by atoms with van der Waals surface area (Å²) in [5.41, 5.74) is 4.14. The lowest BCUT2D eigenvalue weighted by Gasteiger charge is -2.29. The molecule has 14 heavy (non-hydrogen) atoms. The molecule has 74 valence electrons. The standard InChI is InChI=1S/C11H16BNO/c1-9-3-4-11-8-13(12(2)14)6-5-10(11)7-9/h3-4,7,14H,5-6,8H2,1-2H3. The summed E-state index contributed by atoms with van der Waals surface area (Å²) in [5, 5.41) is 9.48. The van der Waals surface area contributed by atoms with Crippen molar-refractivity contribution in [1.29, 1.82) is 0 Å². The number of hydrogen-bond acceptors (Lipinski definition) is 2. The van der Waals surface area contributed by atoms with Crippen molar-refractivity contribution in [2.75, 3.05) is 6.54 Å². The number of aryl methyl sites for hydroxylation is 1. The van der Waals surface area contributed by atoms with E-state index in [1.165, 1.54) is 16.7 Å². The van der Waals surface area contributed by atoms with Crippen LogP contribution >= 0.6 is 0 Å². The average Bonchev–Trinajstić information content (AvgIpc) is 2.16. The molecule has 0 aromatic heterocycles. The molecule has 0 unspecified atom stereocenters. The predicted molar refractivity (Wildman–Crippen MR) is 59.1 cm³/mol. The van der Waals surface area contributed by atoms with Crippen LogP contribution in [0.2, 0.25) is 6.82 Å². The summed E-state index contributed by atoms with van der Waals surface area (Å²) in [5.74, 6) is 0. The Bertz CT molecular complexity index is 338. The highest BCUT2D eigenvalue weighted by Gasteiger charge is 2.21. The fourth-order valence-corrected chi connectivity index (χ4v) is 2.02. The van der Waals surface area contributed by atoms with E-state index in [0.717, 1.165) is 19.5 Å². The third-order valence-electron chi connectivity index (χ3n) is 2.93. The van der Waals surface area contributed by atoms with Crippen LogP contribution in [-0.2, 0) is 13.0 Å². The van der Waals surface area contributed by atoms with E-state index >= 15 is 0 Å². The number of hydrogen-bond donors (Lipinski definition) is 1. The zero-order valence-electron chi connectivity index (χ0n) is 8.83. The van der Waals surface area contributed by atoms with Crippen molar-refractivity contribution in [1.82, 2.24) is 4.81 Å². The first kappa shape index (κ1) is 9.75. The molecule has 0 aliphatic carbocycles. The van der Waals surface area contributed by atoms with Gasteiger partial charge < -0.3 is 9.83 Å². The Morgan fingerprint density at radius 1 is 1.36 bits per heavy atom. The minimum absolute atomic E-state index is 0.329. The molecular formula is C11H16BNO. The molecule has 1 N–H and O–H groups in total. The first-order valence-electron chi connectivity index (χ1n) is 5.17. The molecule has 0 fully saturated rings. The third-order valence-corrected chi connectivity index (χ3v) is 2.93. The van der Waals surface area contributed by atoms with Crippen LogP contribution in [0.5, 0.6) is 0 Å². The first-order valence-corrected chi connectivity index (χ1v) is 5.17. The molecule has 1 heterocycles. The average molecular weight is 189 g/mol. The van der Waals surface area contributed by atoms with Gasteiger partial charge >= 0.3 is 7.05 Å². The van der Waals surface area contributed by atoms with Crippen molar-refractivity contribution in [3.8, 4) is 0 Å². The molecule has 0 saturated carbocycles. The smallest absolute Gasteiger partial charge is 0.376 e. The van der Waals surface area contributed by atoms with E-state index in [9.17, 15) is 5.02 Å². The van der Waals surface area contributed by atoms with Crippen molar-refractivity contribution in [2.45, 2.75) is 26.7 Å². The van der Waals surface area contributed by atoms with E-state index in [0.29, 0.717) is 0 Å². The summed E-state index contributed by atoms with van der Waals surface area (Å²) < 4.78 is 0. The highest BCUT2D eigenvalue weighted by Crippen LogP contribution is 2.20. The van der Waals surface area contributed by atoms with Gasteiger partial charge in [-0.15, -0.1) is 0 Å². The van der Waals surface area contributed by atoms with Crippen molar-refractivity contribution in [3.63, 3.8) is 0 Å². The normalized spacial score (nSPS) is 16.5. The topological polar surface area (TPSA) is 23.5 Å². The Kier molecular flexibility index (Phi) is 2.61. The minimum Gasteiger partial charge on any atom is -0.437 e. The summed E-state index contributed by atoms with van der Waals surface area (Å²) in [7, 11) is -0.329. The monoisotopic (exact) mass is 189 g/mol. The van der Waals surface area contributed by atoms with Gasteiger partial charge in [0.2, 0.25) is 0 Å². The second-order valence-electron chi connectivity index (χ2n) is 4.12. The number of rotatable bonds is 1. The van der Waals surface area contributed by atoms with Crippen LogP contribution in [0.3, 0.4) is 0 Å². The summed E-state index contributed by atoms with van der Waals surface area (Å²) in [6.45, 7) is 5.81. The molecule has 1 aromatic carbocycles. The number of benzene rings is 1. The molecule has 0 saturated heterocycles. The molecule has 0 atom stereocenters. The van der Waals surface area contributed by atoms with Crippen molar-refractivity contribution >= 4 is 7.05 Å². The second-order valence-corrected chi connectivity index (χ2v) is 4.12. The van der Waals surface area contributed by atoms with E-state index in [1.807, 2.05) is 6.82 Å². The molecular weight excluding hydrogens is 173 g/mol. The van der Waals surface area contributed by atoms with Gasteiger partial charge in [0.15, 0.2) is 0 Å². The molecule has 2 nitrogen and oxygen atoms in total. The summed E-state index contributed by atoms with van der Waals surface area (Å²) >= 11 is 0. The van der Waals surface area contributed by atoms with Gasteiger partial charge in [-0.25, -0.2) is 0 Å². The minimum atomic E-state index is -0.329. The maximum atomic E-state index is 9.48. The Morgan fingerprint density at radius 2 is 2.14 bits per heavy atom. The molecule has 1 aromatic rings. The molecule has 0 radical (unpaired) electrons. The van der Waals surface area contributed by atoms with E-state index < -0.39 is 0 Å². The number of fused-ring (bicyclic) bond motifs is 1. The fourth-order valence-electron chi connectivity index (χ4n) is 2.02. The lowest BCUT2D eigenvalue weighted by Crippen LogP contribution is -2.40. The molecule has 0 amide bonds. The van der Waals surface area contributed by atoms with Crippen molar-refractivity contribution < 1.29 is 5.02 Å². The lowest BCUT2D eigenvalue weighted by molar-refractivity contribution is 0.347. The summed E-state index contributed by atoms with van der Waals surface area (Å²) in [4.78, 5) is 2.09. The Labute approximate surface area is 85.7 Å².